The molecule has 1 rings (SSSR count). The molecule has 0 N–H and O–H groups in total. The first kappa shape index (κ1) is 10.8. The van der Waals surface area contributed by atoms with Crippen LogP contribution >= 0.6 is 0 Å². The van der Waals surface area contributed by atoms with Gasteiger partial charge < -0.3 is 0 Å². The standard InChI is InChI=1S/C14H18/c1-11(2)5-8-13(4)14-9-6-12(3)7-10-14/h5-6,8-9H,1,4,7,10H2,2-3H3/b8-5-. The second kappa shape index (κ2) is 4.80. The molecule has 0 aromatic heterocycles. The Morgan fingerprint density at radius 3 is 2.43 bits per heavy atom. The van der Waals surface area contributed by atoms with Gasteiger partial charge in [0.2, 0.25) is 0 Å². The van der Waals surface area contributed by atoms with Crippen LogP contribution in [0.3, 0.4) is 0 Å². The molecule has 0 fully saturated rings. The van der Waals surface area contributed by atoms with E-state index in [2.05, 4.69) is 32.2 Å². The maximum Gasteiger partial charge on any atom is -0.0236 e. The summed E-state index contributed by atoms with van der Waals surface area (Å²) in [4.78, 5) is 0. The summed E-state index contributed by atoms with van der Waals surface area (Å²) in [7, 11) is 0. The summed E-state index contributed by atoms with van der Waals surface area (Å²) in [6.45, 7) is 12.0. The summed E-state index contributed by atoms with van der Waals surface area (Å²) < 4.78 is 0. The van der Waals surface area contributed by atoms with Crippen LogP contribution in [-0.4, -0.2) is 0 Å². The summed E-state index contributed by atoms with van der Waals surface area (Å²) in [5.41, 5.74) is 4.96. The molecule has 0 saturated carbocycles. The lowest BCUT2D eigenvalue weighted by atomic mass is 9.94. The Bertz CT molecular complexity index is 335. The van der Waals surface area contributed by atoms with Gasteiger partial charge in [0.25, 0.3) is 0 Å². The molecule has 0 unspecified atom stereocenters. The van der Waals surface area contributed by atoms with Crippen LogP contribution in [0.5, 0.6) is 0 Å². The third-order valence-electron chi connectivity index (χ3n) is 2.34. The van der Waals surface area contributed by atoms with Gasteiger partial charge in [-0.05, 0) is 37.8 Å². The van der Waals surface area contributed by atoms with Gasteiger partial charge in [-0.15, -0.1) is 0 Å². The minimum Gasteiger partial charge on any atom is -0.0961 e. The Balaban J connectivity index is 2.67. The van der Waals surface area contributed by atoms with Crippen molar-refractivity contribution >= 4 is 0 Å². The summed E-state index contributed by atoms with van der Waals surface area (Å²) >= 11 is 0. The second-order valence-electron chi connectivity index (χ2n) is 3.91. The molecular weight excluding hydrogens is 168 g/mol. The fraction of sp³-hybridized carbons (Fsp3) is 0.286. The van der Waals surface area contributed by atoms with Crippen LogP contribution < -0.4 is 0 Å². The zero-order valence-corrected chi connectivity index (χ0v) is 9.14. The van der Waals surface area contributed by atoms with Crippen molar-refractivity contribution in [2.75, 3.05) is 0 Å². The van der Waals surface area contributed by atoms with Crippen LogP contribution in [0.25, 0.3) is 0 Å². The first-order valence-electron chi connectivity index (χ1n) is 4.99. The van der Waals surface area contributed by atoms with Crippen molar-refractivity contribution in [3.63, 3.8) is 0 Å². The Morgan fingerprint density at radius 1 is 1.21 bits per heavy atom. The smallest absolute Gasteiger partial charge is 0.0236 e. The summed E-state index contributed by atoms with van der Waals surface area (Å²) in [6.07, 6.45) is 10.7. The van der Waals surface area contributed by atoms with E-state index in [-0.39, 0.29) is 0 Å². The van der Waals surface area contributed by atoms with Gasteiger partial charge in [-0.25, -0.2) is 0 Å². The highest BCUT2D eigenvalue weighted by molar-refractivity contribution is 5.43. The summed E-state index contributed by atoms with van der Waals surface area (Å²) in [5, 5.41) is 0. The van der Waals surface area contributed by atoms with Crippen molar-refractivity contribution in [1.29, 1.82) is 0 Å². The molecular formula is C14H18. The molecule has 0 spiro atoms. The lowest BCUT2D eigenvalue weighted by Crippen LogP contribution is -1.92. The Morgan fingerprint density at radius 2 is 1.93 bits per heavy atom. The highest BCUT2D eigenvalue weighted by atomic mass is 14.1. The van der Waals surface area contributed by atoms with Crippen molar-refractivity contribution in [3.05, 3.63) is 59.8 Å². The number of rotatable bonds is 3. The normalized spacial score (nSPS) is 16.4. The molecule has 0 amide bonds. The molecule has 0 nitrogen and oxygen atoms in total. The quantitative estimate of drug-likeness (QED) is 0.575. The molecule has 1 aliphatic rings. The molecule has 0 heteroatoms. The van der Waals surface area contributed by atoms with E-state index >= 15 is 0 Å². The Kier molecular flexibility index (Phi) is 3.70. The number of allylic oxidation sites excluding steroid dienone is 8. The summed E-state index contributed by atoms with van der Waals surface area (Å²) in [5.74, 6) is 0. The Labute approximate surface area is 87.0 Å². The van der Waals surface area contributed by atoms with Gasteiger partial charge in [-0.1, -0.05) is 48.6 Å². The van der Waals surface area contributed by atoms with Crippen LogP contribution in [0.4, 0.5) is 0 Å². The van der Waals surface area contributed by atoms with Crippen molar-refractivity contribution in [1.82, 2.24) is 0 Å². The van der Waals surface area contributed by atoms with Crippen LogP contribution in [-0.2, 0) is 0 Å². The molecule has 0 heterocycles. The maximum absolute atomic E-state index is 4.05. The van der Waals surface area contributed by atoms with Gasteiger partial charge in [0.05, 0.1) is 0 Å². The van der Waals surface area contributed by atoms with Gasteiger partial charge >= 0.3 is 0 Å². The average molecular weight is 186 g/mol. The van der Waals surface area contributed by atoms with E-state index in [9.17, 15) is 0 Å². The molecule has 1 aliphatic carbocycles. The van der Waals surface area contributed by atoms with E-state index in [1.165, 1.54) is 11.1 Å². The fourth-order valence-corrected chi connectivity index (χ4v) is 1.36. The van der Waals surface area contributed by atoms with E-state index in [1.807, 2.05) is 19.1 Å². The summed E-state index contributed by atoms with van der Waals surface area (Å²) in [6, 6.07) is 0. The van der Waals surface area contributed by atoms with Crippen LogP contribution in [0, 0.1) is 0 Å². The molecule has 0 radical (unpaired) electrons. The van der Waals surface area contributed by atoms with E-state index in [1.54, 1.807) is 0 Å². The maximum atomic E-state index is 4.05. The third kappa shape index (κ3) is 3.21. The van der Waals surface area contributed by atoms with Crippen LogP contribution in [0.2, 0.25) is 0 Å². The van der Waals surface area contributed by atoms with Crippen LogP contribution in [0.1, 0.15) is 26.7 Å². The fourth-order valence-electron chi connectivity index (χ4n) is 1.36. The number of hydrogen-bond donors (Lipinski definition) is 0. The van der Waals surface area contributed by atoms with E-state index in [4.69, 9.17) is 0 Å². The van der Waals surface area contributed by atoms with E-state index in [0.29, 0.717) is 0 Å². The SMILES string of the molecule is C=C(C)/C=C\C(=C)C1=CC=C(C)CC1. The number of hydrogen-bond acceptors (Lipinski definition) is 0. The topological polar surface area (TPSA) is 0 Å². The van der Waals surface area contributed by atoms with E-state index in [0.717, 1.165) is 24.0 Å². The third-order valence-corrected chi connectivity index (χ3v) is 2.34. The monoisotopic (exact) mass is 186 g/mol. The highest BCUT2D eigenvalue weighted by Gasteiger charge is 2.04. The van der Waals surface area contributed by atoms with Crippen molar-refractivity contribution in [3.8, 4) is 0 Å². The predicted octanol–water partition coefficient (Wildman–Crippen LogP) is 4.34. The first-order chi connectivity index (χ1) is 6.59. The molecule has 14 heavy (non-hydrogen) atoms. The Hall–Kier alpha value is -1.30. The zero-order chi connectivity index (χ0) is 10.6. The predicted molar refractivity (Wildman–Crippen MR) is 64.2 cm³/mol. The minimum absolute atomic E-state index is 1.06. The molecule has 0 aromatic rings. The van der Waals surface area contributed by atoms with Gasteiger partial charge in [0.1, 0.15) is 0 Å². The molecule has 0 saturated heterocycles. The van der Waals surface area contributed by atoms with Crippen molar-refractivity contribution < 1.29 is 0 Å². The lowest BCUT2D eigenvalue weighted by molar-refractivity contribution is 0.919. The highest BCUT2D eigenvalue weighted by Crippen LogP contribution is 2.23. The minimum atomic E-state index is 1.06. The zero-order valence-electron chi connectivity index (χ0n) is 9.14. The molecule has 74 valence electrons. The largest absolute Gasteiger partial charge is 0.0961 e. The van der Waals surface area contributed by atoms with Gasteiger partial charge in [-0.2, -0.15) is 0 Å². The lowest BCUT2D eigenvalue weighted by Gasteiger charge is -2.11. The van der Waals surface area contributed by atoms with Gasteiger partial charge in [0.15, 0.2) is 0 Å². The molecule has 0 aromatic carbocycles. The molecule has 0 aliphatic heterocycles. The van der Waals surface area contributed by atoms with E-state index < -0.39 is 0 Å². The van der Waals surface area contributed by atoms with Gasteiger partial charge in [-0.3, -0.25) is 0 Å². The first-order valence-corrected chi connectivity index (χ1v) is 4.99. The molecule has 0 bridgehead atoms. The van der Waals surface area contributed by atoms with Crippen molar-refractivity contribution in [2.45, 2.75) is 26.7 Å². The second-order valence-corrected chi connectivity index (χ2v) is 3.91. The van der Waals surface area contributed by atoms with Gasteiger partial charge in [0, 0.05) is 0 Å². The average Bonchev–Trinajstić information content (AvgIpc) is 2.15. The van der Waals surface area contributed by atoms with Crippen molar-refractivity contribution in [2.24, 2.45) is 0 Å². The van der Waals surface area contributed by atoms with Crippen LogP contribution in [0.15, 0.2) is 59.8 Å². The molecule has 0 atom stereocenters.